The lowest BCUT2D eigenvalue weighted by atomic mass is 10.0. The molecule has 0 aliphatic heterocycles. The number of sulfonamides is 1. The second-order valence-corrected chi connectivity index (χ2v) is 9.73. The molecule has 170 valence electrons. The molecule has 1 amide bonds. The number of aromatic amines is 1. The van der Waals surface area contributed by atoms with Gasteiger partial charge < -0.3 is 5.32 Å². The summed E-state index contributed by atoms with van der Waals surface area (Å²) in [6, 6.07) is 15.3. The lowest BCUT2D eigenvalue weighted by molar-refractivity contribution is -0.112. The number of carbonyl (C=O) groups is 1. The molecule has 4 rings (SSSR count). The molecular weight excluding hydrogens is 472 g/mol. The van der Waals surface area contributed by atoms with Gasteiger partial charge in [-0.2, -0.15) is 10.4 Å². The molecule has 34 heavy (non-hydrogen) atoms. The zero-order valence-electron chi connectivity index (χ0n) is 17.8. The molecule has 2 aromatic heterocycles. The van der Waals surface area contributed by atoms with Crippen LogP contribution in [0.4, 0.5) is 10.8 Å². The highest BCUT2D eigenvalue weighted by atomic mass is 32.2. The quantitative estimate of drug-likeness (QED) is 0.262. The largest absolute Gasteiger partial charge is 0.321 e. The second-order valence-electron chi connectivity index (χ2n) is 7.16. The van der Waals surface area contributed by atoms with Crippen LogP contribution in [-0.2, 0) is 14.8 Å². The van der Waals surface area contributed by atoms with E-state index in [0.29, 0.717) is 16.9 Å². The Morgan fingerprint density at radius 2 is 1.88 bits per heavy atom. The molecule has 0 fully saturated rings. The molecule has 2 heterocycles. The van der Waals surface area contributed by atoms with Gasteiger partial charge in [-0.3, -0.25) is 14.6 Å². The number of nitriles is 1. The summed E-state index contributed by atoms with van der Waals surface area (Å²) in [5.41, 5.74) is 3.46. The first-order chi connectivity index (χ1) is 16.4. The summed E-state index contributed by atoms with van der Waals surface area (Å²) in [5, 5.41) is 21.0. The summed E-state index contributed by atoms with van der Waals surface area (Å²) in [6.07, 6.45) is 4.48. The Balaban J connectivity index is 1.50. The van der Waals surface area contributed by atoms with Crippen molar-refractivity contribution in [3.63, 3.8) is 0 Å². The standard InChI is InChI=1S/C23H18N6O3S2/c1-15-2-4-16(5-3-15)21-18(14-26-28-21)12-17(13-24)22(30)27-19-6-8-20(9-7-19)34(31,32)29-23-25-10-11-33-23/h2-12,14H,1H3,(H,25,29)(H,26,28)(H,27,30). The van der Waals surface area contributed by atoms with Crippen LogP contribution in [0.25, 0.3) is 17.3 Å². The molecule has 0 saturated heterocycles. The van der Waals surface area contributed by atoms with Crippen LogP contribution < -0.4 is 10.0 Å². The van der Waals surface area contributed by atoms with Crippen LogP contribution in [0.15, 0.2) is 76.8 Å². The van der Waals surface area contributed by atoms with Gasteiger partial charge in [-0.25, -0.2) is 13.4 Å². The van der Waals surface area contributed by atoms with Gasteiger partial charge in [0.25, 0.3) is 15.9 Å². The van der Waals surface area contributed by atoms with E-state index in [0.717, 1.165) is 22.5 Å². The highest BCUT2D eigenvalue weighted by Crippen LogP contribution is 2.24. The zero-order valence-corrected chi connectivity index (χ0v) is 19.4. The highest BCUT2D eigenvalue weighted by Gasteiger charge is 2.17. The van der Waals surface area contributed by atoms with Crippen LogP contribution in [0, 0.1) is 18.3 Å². The van der Waals surface area contributed by atoms with Gasteiger partial charge in [-0.05, 0) is 37.3 Å². The number of thiazole rings is 1. The van der Waals surface area contributed by atoms with Gasteiger partial charge in [-0.15, -0.1) is 11.3 Å². The Bertz CT molecular complexity index is 1480. The van der Waals surface area contributed by atoms with Crippen molar-refractivity contribution < 1.29 is 13.2 Å². The number of hydrogen-bond donors (Lipinski definition) is 3. The Morgan fingerprint density at radius 1 is 1.15 bits per heavy atom. The third-order valence-corrected chi connectivity index (χ3v) is 6.92. The van der Waals surface area contributed by atoms with Crippen LogP contribution in [0.3, 0.4) is 0 Å². The van der Waals surface area contributed by atoms with Crippen molar-refractivity contribution in [2.45, 2.75) is 11.8 Å². The summed E-state index contributed by atoms with van der Waals surface area (Å²) < 4.78 is 27.3. The van der Waals surface area contributed by atoms with E-state index >= 15 is 0 Å². The molecule has 9 nitrogen and oxygen atoms in total. The normalized spacial score (nSPS) is 11.6. The van der Waals surface area contributed by atoms with E-state index in [-0.39, 0.29) is 15.6 Å². The minimum atomic E-state index is -3.81. The van der Waals surface area contributed by atoms with Crippen molar-refractivity contribution >= 4 is 44.2 Å². The fraction of sp³-hybridized carbons (Fsp3) is 0.0435. The molecule has 0 atom stereocenters. The molecule has 11 heteroatoms. The number of aryl methyl sites for hydroxylation is 1. The minimum Gasteiger partial charge on any atom is -0.321 e. The number of aromatic nitrogens is 3. The topological polar surface area (TPSA) is 141 Å². The maximum absolute atomic E-state index is 12.7. The number of rotatable bonds is 7. The van der Waals surface area contributed by atoms with Crippen molar-refractivity contribution in [1.29, 1.82) is 5.26 Å². The second kappa shape index (κ2) is 9.70. The number of benzene rings is 2. The molecule has 4 aromatic rings. The molecule has 0 aliphatic carbocycles. The summed E-state index contributed by atoms with van der Waals surface area (Å²) in [7, 11) is -3.81. The zero-order chi connectivity index (χ0) is 24.1. The Labute approximate surface area is 199 Å². The average molecular weight is 491 g/mol. The minimum absolute atomic E-state index is 0.0119. The van der Waals surface area contributed by atoms with E-state index in [4.69, 9.17) is 0 Å². The van der Waals surface area contributed by atoms with Crippen molar-refractivity contribution in [1.82, 2.24) is 15.2 Å². The van der Waals surface area contributed by atoms with Crippen LogP contribution in [-0.4, -0.2) is 29.5 Å². The number of nitrogens with zero attached hydrogens (tertiary/aromatic N) is 3. The smallest absolute Gasteiger partial charge is 0.266 e. The van der Waals surface area contributed by atoms with Crippen molar-refractivity contribution in [3.8, 4) is 17.3 Å². The third-order valence-electron chi connectivity index (χ3n) is 4.75. The summed E-state index contributed by atoms with van der Waals surface area (Å²) in [5.74, 6) is -0.630. The van der Waals surface area contributed by atoms with Crippen LogP contribution in [0.5, 0.6) is 0 Å². The maximum Gasteiger partial charge on any atom is 0.266 e. The van der Waals surface area contributed by atoms with Crippen molar-refractivity contribution in [2.24, 2.45) is 0 Å². The summed E-state index contributed by atoms with van der Waals surface area (Å²) >= 11 is 1.16. The average Bonchev–Trinajstić information content (AvgIpc) is 3.50. The van der Waals surface area contributed by atoms with Crippen molar-refractivity contribution in [2.75, 3.05) is 10.0 Å². The van der Waals surface area contributed by atoms with Gasteiger partial charge in [0.15, 0.2) is 5.13 Å². The van der Waals surface area contributed by atoms with E-state index in [1.807, 2.05) is 37.3 Å². The maximum atomic E-state index is 12.7. The SMILES string of the molecule is Cc1ccc(-c2[nH]ncc2C=C(C#N)C(=O)Nc2ccc(S(=O)(=O)Nc3nccs3)cc2)cc1. The molecular formula is C23H18N6O3S2. The number of hydrogen-bond acceptors (Lipinski definition) is 7. The highest BCUT2D eigenvalue weighted by molar-refractivity contribution is 7.93. The van der Waals surface area contributed by atoms with Crippen LogP contribution >= 0.6 is 11.3 Å². The Kier molecular flexibility index (Phi) is 6.53. The van der Waals surface area contributed by atoms with E-state index in [1.165, 1.54) is 42.7 Å². The van der Waals surface area contributed by atoms with Gasteiger partial charge in [0.1, 0.15) is 11.6 Å². The molecule has 0 radical (unpaired) electrons. The molecule has 0 spiro atoms. The number of amides is 1. The molecule has 0 bridgehead atoms. The van der Waals surface area contributed by atoms with E-state index in [1.54, 1.807) is 5.38 Å². The molecule has 3 N–H and O–H groups in total. The van der Waals surface area contributed by atoms with Gasteiger partial charge >= 0.3 is 0 Å². The van der Waals surface area contributed by atoms with Gasteiger partial charge in [0, 0.05) is 28.4 Å². The predicted molar refractivity (Wildman–Crippen MR) is 130 cm³/mol. The monoisotopic (exact) mass is 490 g/mol. The number of H-pyrrole nitrogens is 1. The lowest BCUT2D eigenvalue weighted by Crippen LogP contribution is -2.15. The van der Waals surface area contributed by atoms with Gasteiger partial charge in [-0.1, -0.05) is 29.8 Å². The lowest BCUT2D eigenvalue weighted by Gasteiger charge is -2.08. The van der Waals surface area contributed by atoms with E-state index in [2.05, 4.69) is 25.2 Å². The number of anilines is 2. The van der Waals surface area contributed by atoms with Crippen LogP contribution in [0.2, 0.25) is 0 Å². The van der Waals surface area contributed by atoms with Gasteiger partial charge in [0.2, 0.25) is 0 Å². The van der Waals surface area contributed by atoms with E-state index < -0.39 is 15.9 Å². The van der Waals surface area contributed by atoms with Crippen molar-refractivity contribution in [3.05, 3.63) is 83.0 Å². The Hall–Kier alpha value is -4.27. The fourth-order valence-corrected chi connectivity index (χ4v) is 4.81. The van der Waals surface area contributed by atoms with E-state index in [9.17, 15) is 18.5 Å². The molecule has 0 saturated carbocycles. The first-order valence-corrected chi connectivity index (χ1v) is 12.3. The summed E-state index contributed by atoms with van der Waals surface area (Å²) in [6.45, 7) is 1.98. The first-order valence-electron chi connectivity index (χ1n) is 9.91. The first kappa shape index (κ1) is 22.9. The predicted octanol–water partition coefficient (Wildman–Crippen LogP) is 4.19. The summed E-state index contributed by atoms with van der Waals surface area (Å²) in [4.78, 5) is 16.6. The van der Waals surface area contributed by atoms with Crippen LogP contribution in [0.1, 0.15) is 11.1 Å². The van der Waals surface area contributed by atoms with Gasteiger partial charge in [0.05, 0.1) is 16.8 Å². The molecule has 0 aliphatic rings. The fourth-order valence-electron chi connectivity index (χ4n) is 3.02. The third kappa shape index (κ3) is 5.20. The Morgan fingerprint density at radius 3 is 2.53 bits per heavy atom. The molecule has 0 unspecified atom stereocenters. The molecule has 2 aromatic carbocycles. The number of carbonyl (C=O) groups excluding carboxylic acids is 1. The number of nitrogens with one attached hydrogen (secondary N) is 3.